The predicted octanol–water partition coefficient (Wildman–Crippen LogP) is 2.40. The van der Waals surface area contributed by atoms with Crippen LogP contribution in [0, 0.1) is 6.92 Å². The van der Waals surface area contributed by atoms with Gasteiger partial charge in [-0.2, -0.15) is 0 Å². The molecule has 1 heterocycles. The Balaban J connectivity index is 1.68. The van der Waals surface area contributed by atoms with Crippen LogP contribution in [0.5, 0.6) is 5.75 Å². The molecule has 0 spiro atoms. The van der Waals surface area contributed by atoms with Crippen molar-refractivity contribution in [3.8, 4) is 5.75 Å². The maximum Gasteiger partial charge on any atom is 0.222 e. The van der Waals surface area contributed by atoms with Crippen molar-refractivity contribution < 1.29 is 14.3 Å². The Bertz CT molecular complexity index is 447. The third-order valence-corrected chi connectivity index (χ3v) is 3.48. The molecule has 0 radical (unpaired) electrons. The maximum atomic E-state index is 12.0. The zero-order valence-corrected chi connectivity index (χ0v) is 12.3. The Morgan fingerprint density at radius 1 is 1.45 bits per heavy atom. The monoisotopic (exact) mass is 277 g/mol. The molecule has 0 aromatic heterocycles. The minimum absolute atomic E-state index is 0.149. The summed E-state index contributed by atoms with van der Waals surface area (Å²) in [6, 6.07) is 7.93. The Hall–Kier alpha value is -1.55. The van der Waals surface area contributed by atoms with Crippen LogP contribution < -0.4 is 4.74 Å². The minimum atomic E-state index is 0.149. The summed E-state index contributed by atoms with van der Waals surface area (Å²) in [7, 11) is 0. The molecule has 0 N–H and O–H groups in total. The van der Waals surface area contributed by atoms with Crippen molar-refractivity contribution in [2.75, 3.05) is 26.3 Å². The van der Waals surface area contributed by atoms with Gasteiger partial charge in [0.15, 0.2) is 0 Å². The highest BCUT2D eigenvalue weighted by molar-refractivity contribution is 5.76. The zero-order chi connectivity index (χ0) is 14.4. The summed E-state index contributed by atoms with van der Waals surface area (Å²) >= 11 is 0. The summed E-state index contributed by atoms with van der Waals surface area (Å²) in [5.41, 5.74) is 1.13. The van der Waals surface area contributed by atoms with Crippen LogP contribution in [0.25, 0.3) is 0 Å². The molecule has 1 fully saturated rings. The van der Waals surface area contributed by atoms with E-state index < -0.39 is 0 Å². The molecule has 110 valence electrons. The average molecular weight is 277 g/mol. The van der Waals surface area contributed by atoms with Gasteiger partial charge >= 0.3 is 0 Å². The number of hydrogen-bond acceptors (Lipinski definition) is 3. The first-order chi connectivity index (χ1) is 9.66. The van der Waals surface area contributed by atoms with E-state index in [2.05, 4.69) is 0 Å². The third-order valence-electron chi connectivity index (χ3n) is 3.48. The molecular weight excluding hydrogens is 254 g/mol. The normalized spacial score (nSPS) is 18.9. The van der Waals surface area contributed by atoms with Gasteiger partial charge in [0.2, 0.25) is 5.91 Å². The lowest BCUT2D eigenvalue weighted by atomic mass is 10.2. The average Bonchev–Trinajstić information content (AvgIpc) is 2.45. The van der Waals surface area contributed by atoms with E-state index in [-0.39, 0.29) is 12.0 Å². The molecule has 0 aliphatic carbocycles. The summed E-state index contributed by atoms with van der Waals surface area (Å²) in [5.74, 6) is 1.11. The SMILES string of the molecule is Cc1ccccc1OCCCC(=O)N1CCOC(C)C1. The molecule has 1 aliphatic heterocycles. The first kappa shape index (κ1) is 14.9. The number of para-hydroxylation sites is 1. The summed E-state index contributed by atoms with van der Waals surface area (Å²) in [5, 5.41) is 0. The van der Waals surface area contributed by atoms with Crippen LogP contribution in [-0.4, -0.2) is 43.2 Å². The number of nitrogens with zero attached hydrogens (tertiary/aromatic N) is 1. The van der Waals surface area contributed by atoms with Gasteiger partial charge in [-0.15, -0.1) is 0 Å². The Labute approximate surface area is 120 Å². The molecule has 1 aliphatic rings. The lowest BCUT2D eigenvalue weighted by Crippen LogP contribution is -2.44. The molecule has 1 unspecified atom stereocenters. The summed E-state index contributed by atoms with van der Waals surface area (Å²) in [6.07, 6.45) is 1.44. The number of benzene rings is 1. The number of amides is 1. The van der Waals surface area contributed by atoms with Gasteiger partial charge in [-0.3, -0.25) is 4.79 Å². The van der Waals surface area contributed by atoms with Gasteiger partial charge in [-0.1, -0.05) is 18.2 Å². The molecular formula is C16H23NO3. The van der Waals surface area contributed by atoms with Crippen molar-refractivity contribution in [2.45, 2.75) is 32.8 Å². The van der Waals surface area contributed by atoms with E-state index in [0.29, 0.717) is 32.7 Å². The lowest BCUT2D eigenvalue weighted by molar-refractivity contribution is -0.138. The second-order valence-electron chi connectivity index (χ2n) is 5.24. The fourth-order valence-electron chi connectivity index (χ4n) is 2.33. The van der Waals surface area contributed by atoms with Crippen molar-refractivity contribution >= 4 is 5.91 Å². The van der Waals surface area contributed by atoms with Crippen LogP contribution >= 0.6 is 0 Å². The number of hydrogen-bond donors (Lipinski definition) is 0. The van der Waals surface area contributed by atoms with Crippen LogP contribution in [0.15, 0.2) is 24.3 Å². The molecule has 1 atom stereocenters. The number of rotatable bonds is 5. The molecule has 1 amide bonds. The van der Waals surface area contributed by atoms with Crippen LogP contribution in [0.2, 0.25) is 0 Å². The molecule has 2 rings (SSSR count). The van der Waals surface area contributed by atoms with E-state index >= 15 is 0 Å². The van der Waals surface area contributed by atoms with Crippen LogP contribution in [-0.2, 0) is 9.53 Å². The number of morpholine rings is 1. The smallest absolute Gasteiger partial charge is 0.222 e. The van der Waals surface area contributed by atoms with E-state index in [1.807, 2.05) is 43.0 Å². The van der Waals surface area contributed by atoms with Crippen molar-refractivity contribution in [1.82, 2.24) is 4.90 Å². The summed E-state index contributed by atoms with van der Waals surface area (Å²) in [6.45, 7) is 6.67. The quantitative estimate of drug-likeness (QED) is 0.776. The summed E-state index contributed by atoms with van der Waals surface area (Å²) < 4.78 is 11.1. The van der Waals surface area contributed by atoms with Crippen LogP contribution in [0.1, 0.15) is 25.3 Å². The van der Waals surface area contributed by atoms with Gasteiger partial charge in [-0.05, 0) is 31.9 Å². The molecule has 1 aromatic carbocycles. The fourth-order valence-corrected chi connectivity index (χ4v) is 2.33. The van der Waals surface area contributed by atoms with Crippen molar-refractivity contribution in [1.29, 1.82) is 0 Å². The second-order valence-corrected chi connectivity index (χ2v) is 5.24. The Morgan fingerprint density at radius 3 is 3.00 bits per heavy atom. The predicted molar refractivity (Wildman–Crippen MR) is 77.9 cm³/mol. The third kappa shape index (κ3) is 4.23. The van der Waals surface area contributed by atoms with Crippen LogP contribution in [0.3, 0.4) is 0 Å². The lowest BCUT2D eigenvalue weighted by Gasteiger charge is -2.31. The highest BCUT2D eigenvalue weighted by atomic mass is 16.5. The zero-order valence-electron chi connectivity index (χ0n) is 12.3. The van der Waals surface area contributed by atoms with Gasteiger partial charge in [0, 0.05) is 19.5 Å². The van der Waals surface area contributed by atoms with Crippen LogP contribution in [0.4, 0.5) is 0 Å². The molecule has 20 heavy (non-hydrogen) atoms. The fraction of sp³-hybridized carbons (Fsp3) is 0.562. The topological polar surface area (TPSA) is 38.8 Å². The number of aryl methyl sites for hydroxylation is 1. The standard InChI is InChI=1S/C16H23NO3/c1-13-6-3-4-7-15(13)20-10-5-8-16(18)17-9-11-19-14(2)12-17/h3-4,6-7,14H,5,8-12H2,1-2H3. The second kappa shape index (κ2) is 7.29. The Morgan fingerprint density at radius 2 is 2.25 bits per heavy atom. The highest BCUT2D eigenvalue weighted by Gasteiger charge is 2.20. The van der Waals surface area contributed by atoms with E-state index in [1.165, 1.54) is 0 Å². The number of ether oxygens (including phenoxy) is 2. The summed E-state index contributed by atoms with van der Waals surface area (Å²) in [4.78, 5) is 13.9. The number of carbonyl (C=O) groups excluding carboxylic acids is 1. The highest BCUT2D eigenvalue weighted by Crippen LogP contribution is 2.16. The molecule has 0 saturated carbocycles. The van der Waals surface area contributed by atoms with E-state index in [9.17, 15) is 4.79 Å². The van der Waals surface area contributed by atoms with Crippen molar-refractivity contribution in [3.05, 3.63) is 29.8 Å². The first-order valence-corrected chi connectivity index (χ1v) is 7.24. The largest absolute Gasteiger partial charge is 0.493 e. The van der Waals surface area contributed by atoms with Crippen molar-refractivity contribution in [2.24, 2.45) is 0 Å². The van der Waals surface area contributed by atoms with E-state index in [0.717, 1.165) is 17.7 Å². The molecule has 1 aromatic rings. The van der Waals surface area contributed by atoms with Gasteiger partial charge < -0.3 is 14.4 Å². The van der Waals surface area contributed by atoms with Gasteiger partial charge in [0.05, 0.1) is 19.3 Å². The molecule has 0 bridgehead atoms. The minimum Gasteiger partial charge on any atom is -0.493 e. The van der Waals surface area contributed by atoms with Gasteiger partial charge in [-0.25, -0.2) is 0 Å². The maximum absolute atomic E-state index is 12.0. The van der Waals surface area contributed by atoms with Crippen molar-refractivity contribution in [3.63, 3.8) is 0 Å². The number of carbonyl (C=O) groups is 1. The Kier molecular flexibility index (Phi) is 5.41. The van der Waals surface area contributed by atoms with E-state index in [4.69, 9.17) is 9.47 Å². The van der Waals surface area contributed by atoms with Gasteiger partial charge in [0.25, 0.3) is 0 Å². The molecule has 4 nitrogen and oxygen atoms in total. The molecule has 1 saturated heterocycles. The van der Waals surface area contributed by atoms with Gasteiger partial charge in [0.1, 0.15) is 5.75 Å². The molecule has 4 heteroatoms. The van der Waals surface area contributed by atoms with E-state index in [1.54, 1.807) is 0 Å². The first-order valence-electron chi connectivity index (χ1n) is 7.24.